The van der Waals surface area contributed by atoms with Crippen LogP contribution in [0.3, 0.4) is 0 Å². The van der Waals surface area contributed by atoms with Gasteiger partial charge < -0.3 is 24.3 Å². The maximum atomic E-state index is 12.3. The number of carbonyl (C=O) groups is 1. The van der Waals surface area contributed by atoms with Crippen molar-refractivity contribution in [1.29, 1.82) is 0 Å². The molecule has 0 spiro atoms. The molecule has 0 saturated carbocycles. The topological polar surface area (TPSA) is 66.0 Å². The van der Waals surface area contributed by atoms with E-state index in [9.17, 15) is 4.79 Å². The summed E-state index contributed by atoms with van der Waals surface area (Å²) in [5, 5.41) is 3.27. The zero-order valence-corrected chi connectivity index (χ0v) is 14.2. The monoisotopic (exact) mass is 323 g/mol. The lowest BCUT2D eigenvalue weighted by Crippen LogP contribution is -2.40. The molecule has 23 heavy (non-hydrogen) atoms. The summed E-state index contributed by atoms with van der Waals surface area (Å²) in [4.78, 5) is 12.3. The van der Waals surface area contributed by atoms with Crippen LogP contribution in [0.4, 0.5) is 0 Å². The molecule has 6 nitrogen and oxygen atoms in total. The zero-order valence-electron chi connectivity index (χ0n) is 14.2. The molecule has 0 amide bonds. The first-order chi connectivity index (χ1) is 11.2. The van der Waals surface area contributed by atoms with Gasteiger partial charge in [-0.1, -0.05) is 0 Å². The fourth-order valence-electron chi connectivity index (χ4n) is 3.07. The lowest BCUT2D eigenvalue weighted by molar-refractivity contribution is -0.149. The number of benzene rings is 1. The van der Waals surface area contributed by atoms with Gasteiger partial charge in [-0.3, -0.25) is 4.79 Å². The van der Waals surface area contributed by atoms with Gasteiger partial charge in [-0.2, -0.15) is 0 Å². The molecule has 2 rings (SSSR count). The van der Waals surface area contributed by atoms with Gasteiger partial charge in [0, 0.05) is 6.54 Å². The Hall–Kier alpha value is -1.95. The van der Waals surface area contributed by atoms with Crippen molar-refractivity contribution in [2.24, 2.45) is 5.92 Å². The summed E-state index contributed by atoms with van der Waals surface area (Å²) < 4.78 is 21.4. The Bertz CT molecular complexity index is 521. The van der Waals surface area contributed by atoms with Crippen molar-refractivity contribution in [3.05, 3.63) is 17.7 Å². The van der Waals surface area contributed by atoms with Crippen LogP contribution in [-0.2, 0) is 9.53 Å². The average Bonchev–Trinajstić information content (AvgIpc) is 2.60. The molecule has 2 unspecified atom stereocenters. The van der Waals surface area contributed by atoms with E-state index < -0.39 is 0 Å². The maximum absolute atomic E-state index is 12.3. The Morgan fingerprint density at radius 3 is 2.35 bits per heavy atom. The van der Waals surface area contributed by atoms with Crippen molar-refractivity contribution >= 4 is 5.97 Å². The first-order valence-corrected chi connectivity index (χ1v) is 7.83. The van der Waals surface area contributed by atoms with E-state index >= 15 is 0 Å². The van der Waals surface area contributed by atoms with E-state index in [1.807, 2.05) is 19.1 Å². The number of rotatable bonds is 6. The normalized spacial score (nSPS) is 20.7. The molecule has 0 aliphatic carbocycles. The number of esters is 1. The molecule has 0 bridgehead atoms. The van der Waals surface area contributed by atoms with Crippen molar-refractivity contribution in [3.8, 4) is 17.2 Å². The maximum Gasteiger partial charge on any atom is 0.310 e. The van der Waals surface area contributed by atoms with Gasteiger partial charge in [0.05, 0.1) is 33.9 Å². The average molecular weight is 323 g/mol. The largest absolute Gasteiger partial charge is 0.493 e. The number of methoxy groups -OCH3 is 3. The molecule has 1 saturated heterocycles. The van der Waals surface area contributed by atoms with Crippen LogP contribution >= 0.6 is 0 Å². The Balaban J connectivity index is 2.39. The molecule has 0 radical (unpaired) electrons. The highest BCUT2D eigenvalue weighted by Gasteiger charge is 2.34. The molecule has 2 atom stereocenters. The van der Waals surface area contributed by atoms with Crippen molar-refractivity contribution < 1.29 is 23.7 Å². The molecule has 1 fully saturated rings. The Kier molecular flexibility index (Phi) is 6.10. The van der Waals surface area contributed by atoms with Gasteiger partial charge in [0.1, 0.15) is 0 Å². The number of nitrogens with one attached hydrogen (secondary N) is 1. The van der Waals surface area contributed by atoms with Crippen molar-refractivity contribution in [2.45, 2.75) is 19.3 Å². The lowest BCUT2D eigenvalue weighted by atomic mass is 9.81. The van der Waals surface area contributed by atoms with Gasteiger partial charge >= 0.3 is 5.97 Å². The smallest absolute Gasteiger partial charge is 0.310 e. The molecule has 1 aliphatic heterocycles. The van der Waals surface area contributed by atoms with Crippen LogP contribution in [0.15, 0.2) is 12.1 Å². The number of ether oxygens (including phenoxy) is 4. The number of hydrogen-bond donors (Lipinski definition) is 1. The van der Waals surface area contributed by atoms with Gasteiger partial charge in [-0.15, -0.1) is 0 Å². The Morgan fingerprint density at radius 2 is 1.83 bits per heavy atom. The van der Waals surface area contributed by atoms with E-state index in [0.717, 1.165) is 18.5 Å². The van der Waals surface area contributed by atoms with Gasteiger partial charge in [0.25, 0.3) is 0 Å². The summed E-state index contributed by atoms with van der Waals surface area (Å²) in [6.07, 6.45) is 0.849. The molecule has 1 N–H and O–H groups in total. The van der Waals surface area contributed by atoms with Crippen molar-refractivity contribution in [1.82, 2.24) is 5.32 Å². The minimum absolute atomic E-state index is 0.0593. The summed E-state index contributed by atoms with van der Waals surface area (Å²) in [5.74, 6) is 1.43. The standard InChI is InChI=1S/C17H25NO5/c1-5-23-17(19)13-10-18-7-6-12(13)11-8-14(20-2)16(22-4)15(9-11)21-3/h8-9,12-13,18H,5-7,10H2,1-4H3. The second-order valence-corrected chi connectivity index (χ2v) is 5.42. The minimum atomic E-state index is -0.216. The molecular weight excluding hydrogens is 298 g/mol. The predicted molar refractivity (Wildman–Crippen MR) is 86.4 cm³/mol. The van der Waals surface area contributed by atoms with Crippen LogP contribution < -0.4 is 19.5 Å². The van der Waals surface area contributed by atoms with Crippen LogP contribution in [0.5, 0.6) is 17.2 Å². The molecule has 1 aliphatic rings. The van der Waals surface area contributed by atoms with E-state index in [-0.39, 0.29) is 17.8 Å². The molecule has 1 aromatic carbocycles. The third kappa shape index (κ3) is 3.69. The predicted octanol–water partition coefficient (Wildman–Crippen LogP) is 1.97. The second-order valence-electron chi connectivity index (χ2n) is 5.42. The molecule has 6 heteroatoms. The van der Waals surface area contributed by atoms with E-state index in [2.05, 4.69) is 5.32 Å². The van der Waals surface area contributed by atoms with E-state index in [1.165, 1.54) is 0 Å². The quantitative estimate of drug-likeness (QED) is 0.808. The van der Waals surface area contributed by atoms with Crippen LogP contribution in [0.25, 0.3) is 0 Å². The lowest BCUT2D eigenvalue weighted by Gasteiger charge is -2.31. The minimum Gasteiger partial charge on any atom is -0.493 e. The molecule has 0 aromatic heterocycles. The molecule has 1 heterocycles. The zero-order chi connectivity index (χ0) is 16.8. The van der Waals surface area contributed by atoms with Crippen LogP contribution in [0.1, 0.15) is 24.8 Å². The van der Waals surface area contributed by atoms with E-state index in [1.54, 1.807) is 21.3 Å². The Morgan fingerprint density at radius 1 is 1.17 bits per heavy atom. The number of hydrogen-bond acceptors (Lipinski definition) is 6. The third-order valence-electron chi connectivity index (χ3n) is 4.19. The first-order valence-electron chi connectivity index (χ1n) is 7.83. The van der Waals surface area contributed by atoms with E-state index in [0.29, 0.717) is 30.4 Å². The third-order valence-corrected chi connectivity index (χ3v) is 4.19. The number of piperidine rings is 1. The summed E-state index contributed by atoms with van der Waals surface area (Å²) >= 11 is 0. The summed E-state index contributed by atoms with van der Waals surface area (Å²) in [6.45, 7) is 3.68. The second kappa shape index (κ2) is 8.06. The summed E-state index contributed by atoms with van der Waals surface area (Å²) in [6, 6.07) is 3.84. The number of carbonyl (C=O) groups excluding carboxylic acids is 1. The van der Waals surface area contributed by atoms with Crippen LogP contribution in [0.2, 0.25) is 0 Å². The van der Waals surface area contributed by atoms with Gasteiger partial charge in [-0.05, 0) is 43.5 Å². The molecule has 1 aromatic rings. The summed E-state index contributed by atoms with van der Waals surface area (Å²) in [5.41, 5.74) is 0.999. The van der Waals surface area contributed by atoms with Crippen LogP contribution in [-0.4, -0.2) is 47.0 Å². The molecule has 128 valence electrons. The fourth-order valence-corrected chi connectivity index (χ4v) is 3.07. The first kappa shape index (κ1) is 17.4. The Labute approximate surface area is 137 Å². The SMILES string of the molecule is CCOC(=O)C1CNCCC1c1cc(OC)c(OC)c(OC)c1. The fraction of sp³-hybridized carbons (Fsp3) is 0.588. The highest BCUT2D eigenvalue weighted by atomic mass is 16.5. The van der Waals surface area contributed by atoms with Gasteiger partial charge in [0.15, 0.2) is 11.5 Å². The van der Waals surface area contributed by atoms with Crippen LogP contribution in [0, 0.1) is 5.92 Å². The molecular formula is C17H25NO5. The van der Waals surface area contributed by atoms with Crippen molar-refractivity contribution in [3.63, 3.8) is 0 Å². The van der Waals surface area contributed by atoms with Gasteiger partial charge in [0.2, 0.25) is 5.75 Å². The van der Waals surface area contributed by atoms with E-state index in [4.69, 9.17) is 18.9 Å². The van der Waals surface area contributed by atoms with Crippen molar-refractivity contribution in [2.75, 3.05) is 41.0 Å². The summed E-state index contributed by atoms with van der Waals surface area (Å²) in [7, 11) is 4.75. The van der Waals surface area contributed by atoms with Gasteiger partial charge in [-0.25, -0.2) is 0 Å². The highest BCUT2D eigenvalue weighted by molar-refractivity contribution is 5.74. The highest BCUT2D eigenvalue weighted by Crippen LogP contribution is 2.42.